The second-order valence-corrected chi connectivity index (χ2v) is 5.85. The highest BCUT2D eigenvalue weighted by Crippen LogP contribution is 2.38. The monoisotopic (exact) mass is 276 g/mol. The van der Waals surface area contributed by atoms with Gasteiger partial charge in [0.05, 0.1) is 19.3 Å². The van der Waals surface area contributed by atoms with Crippen LogP contribution >= 0.6 is 0 Å². The minimum absolute atomic E-state index is 0.212. The molecule has 1 aliphatic carbocycles. The van der Waals surface area contributed by atoms with Gasteiger partial charge >= 0.3 is 0 Å². The number of hydrogen-bond donors (Lipinski definition) is 0. The third-order valence-electron chi connectivity index (χ3n) is 4.22. The summed E-state index contributed by atoms with van der Waals surface area (Å²) in [5.74, 6) is -0.248. The van der Waals surface area contributed by atoms with Crippen molar-refractivity contribution in [2.24, 2.45) is 0 Å². The van der Waals surface area contributed by atoms with Crippen molar-refractivity contribution in [3.05, 3.63) is 35.9 Å². The Morgan fingerprint density at radius 3 is 2.70 bits per heavy atom. The summed E-state index contributed by atoms with van der Waals surface area (Å²) in [6.45, 7) is 2.15. The van der Waals surface area contributed by atoms with E-state index in [0.29, 0.717) is 6.61 Å². The molecule has 3 nitrogen and oxygen atoms in total. The molecule has 0 amide bonds. The summed E-state index contributed by atoms with van der Waals surface area (Å²) in [4.78, 5) is 0. The smallest absolute Gasteiger partial charge is 0.168 e. The molecule has 1 saturated heterocycles. The van der Waals surface area contributed by atoms with Gasteiger partial charge in [0.15, 0.2) is 5.79 Å². The van der Waals surface area contributed by atoms with Crippen molar-refractivity contribution in [2.45, 2.75) is 57.0 Å². The molecule has 1 heterocycles. The van der Waals surface area contributed by atoms with Gasteiger partial charge in [-0.25, -0.2) is 0 Å². The molecular formula is C17H24O3. The van der Waals surface area contributed by atoms with Gasteiger partial charge in [-0.1, -0.05) is 36.8 Å². The van der Waals surface area contributed by atoms with E-state index in [2.05, 4.69) is 12.1 Å². The summed E-state index contributed by atoms with van der Waals surface area (Å²) in [6.07, 6.45) is 7.05. The molecule has 110 valence electrons. The van der Waals surface area contributed by atoms with Gasteiger partial charge in [0, 0.05) is 19.4 Å². The summed E-state index contributed by atoms with van der Waals surface area (Å²) >= 11 is 0. The van der Waals surface area contributed by atoms with Crippen molar-refractivity contribution in [1.29, 1.82) is 0 Å². The lowest BCUT2D eigenvalue weighted by atomic mass is 9.94. The Hall–Kier alpha value is -0.900. The minimum atomic E-state index is -0.248. The molecule has 2 fully saturated rings. The first-order chi connectivity index (χ1) is 9.86. The highest BCUT2D eigenvalue weighted by molar-refractivity contribution is 5.13. The second-order valence-electron chi connectivity index (χ2n) is 5.85. The van der Waals surface area contributed by atoms with E-state index in [1.165, 1.54) is 24.8 Å². The molecule has 0 radical (unpaired) electrons. The molecule has 1 spiro atoms. The lowest BCUT2D eigenvalue weighted by molar-refractivity contribution is -0.188. The molecule has 0 bridgehead atoms. The van der Waals surface area contributed by atoms with Gasteiger partial charge in [0.1, 0.15) is 0 Å². The Morgan fingerprint density at radius 2 is 1.90 bits per heavy atom. The van der Waals surface area contributed by atoms with E-state index < -0.39 is 0 Å². The highest BCUT2D eigenvalue weighted by Gasteiger charge is 2.41. The molecule has 1 aromatic rings. The number of rotatable bonds is 5. The van der Waals surface area contributed by atoms with Crippen LogP contribution in [0.15, 0.2) is 30.3 Å². The van der Waals surface area contributed by atoms with E-state index in [1.54, 1.807) is 0 Å². The van der Waals surface area contributed by atoms with Crippen LogP contribution in [0.1, 0.15) is 44.1 Å². The maximum absolute atomic E-state index is 6.14. The van der Waals surface area contributed by atoms with Crippen LogP contribution in [0.2, 0.25) is 0 Å². The van der Waals surface area contributed by atoms with Crippen LogP contribution in [0.4, 0.5) is 0 Å². The normalized spacial score (nSPS) is 25.1. The fourth-order valence-electron chi connectivity index (χ4n) is 3.09. The Bertz CT molecular complexity index is 398. The molecule has 0 N–H and O–H groups in total. The van der Waals surface area contributed by atoms with Crippen LogP contribution in [-0.4, -0.2) is 25.1 Å². The Morgan fingerprint density at radius 1 is 1.10 bits per heavy atom. The number of ether oxygens (including phenoxy) is 3. The average Bonchev–Trinajstić information content (AvgIpc) is 2.88. The molecule has 0 aromatic heterocycles. The summed E-state index contributed by atoms with van der Waals surface area (Å²) in [5.41, 5.74) is 1.22. The van der Waals surface area contributed by atoms with Crippen LogP contribution in [0.5, 0.6) is 0 Å². The largest absolute Gasteiger partial charge is 0.377 e. The lowest BCUT2D eigenvalue weighted by Gasteiger charge is -2.31. The third kappa shape index (κ3) is 3.60. The molecule has 0 unspecified atom stereocenters. The SMILES string of the molecule is c1ccc(COCC[C@@H]2COC3(CCCCC3)O2)cc1. The van der Waals surface area contributed by atoms with Crippen molar-refractivity contribution >= 4 is 0 Å². The van der Waals surface area contributed by atoms with E-state index in [9.17, 15) is 0 Å². The quantitative estimate of drug-likeness (QED) is 0.768. The predicted molar refractivity (Wildman–Crippen MR) is 77.4 cm³/mol. The van der Waals surface area contributed by atoms with Crippen LogP contribution < -0.4 is 0 Å². The maximum atomic E-state index is 6.14. The molecule has 3 heteroatoms. The Kier molecular flexibility index (Phi) is 4.71. The summed E-state index contributed by atoms with van der Waals surface area (Å²) < 4.78 is 17.8. The average molecular weight is 276 g/mol. The van der Waals surface area contributed by atoms with E-state index in [1.807, 2.05) is 18.2 Å². The first-order valence-corrected chi connectivity index (χ1v) is 7.80. The van der Waals surface area contributed by atoms with Gasteiger partial charge in [-0.15, -0.1) is 0 Å². The number of benzene rings is 1. The molecule has 1 aromatic carbocycles. The van der Waals surface area contributed by atoms with E-state index in [4.69, 9.17) is 14.2 Å². The Balaban J connectivity index is 1.35. The molecule has 3 rings (SSSR count). The van der Waals surface area contributed by atoms with Gasteiger partial charge in [-0.2, -0.15) is 0 Å². The van der Waals surface area contributed by atoms with E-state index in [-0.39, 0.29) is 11.9 Å². The van der Waals surface area contributed by atoms with Crippen LogP contribution in [0.3, 0.4) is 0 Å². The van der Waals surface area contributed by atoms with E-state index >= 15 is 0 Å². The molecule has 2 aliphatic rings. The van der Waals surface area contributed by atoms with Gasteiger partial charge in [-0.05, 0) is 24.8 Å². The standard InChI is InChI=1S/C17H24O3/c1-3-7-15(8-4-1)13-18-12-9-16-14-19-17(20-16)10-5-2-6-11-17/h1,3-4,7-8,16H,2,5-6,9-14H2/t16-/m1/s1. The van der Waals surface area contributed by atoms with Gasteiger partial charge < -0.3 is 14.2 Å². The zero-order valence-corrected chi connectivity index (χ0v) is 12.1. The maximum Gasteiger partial charge on any atom is 0.168 e. The van der Waals surface area contributed by atoms with Crippen molar-refractivity contribution in [3.63, 3.8) is 0 Å². The predicted octanol–water partition coefficient (Wildman–Crippen LogP) is 3.67. The zero-order chi connectivity index (χ0) is 13.7. The van der Waals surface area contributed by atoms with Crippen molar-refractivity contribution in [3.8, 4) is 0 Å². The van der Waals surface area contributed by atoms with Crippen molar-refractivity contribution in [1.82, 2.24) is 0 Å². The topological polar surface area (TPSA) is 27.7 Å². The molecule has 1 saturated carbocycles. The molecular weight excluding hydrogens is 252 g/mol. The minimum Gasteiger partial charge on any atom is -0.377 e. The highest BCUT2D eigenvalue weighted by atomic mass is 16.7. The third-order valence-corrected chi connectivity index (χ3v) is 4.22. The van der Waals surface area contributed by atoms with Crippen molar-refractivity contribution < 1.29 is 14.2 Å². The summed E-state index contributed by atoms with van der Waals surface area (Å²) in [6, 6.07) is 10.3. The first-order valence-electron chi connectivity index (χ1n) is 7.80. The fourth-order valence-corrected chi connectivity index (χ4v) is 3.09. The first kappa shape index (κ1) is 14.1. The second kappa shape index (κ2) is 6.70. The molecule has 20 heavy (non-hydrogen) atoms. The number of hydrogen-bond acceptors (Lipinski definition) is 3. The summed E-state index contributed by atoms with van der Waals surface area (Å²) in [7, 11) is 0. The van der Waals surface area contributed by atoms with E-state index in [0.717, 1.165) is 32.5 Å². The van der Waals surface area contributed by atoms with Crippen molar-refractivity contribution in [2.75, 3.05) is 13.2 Å². The Labute approximate surface area is 121 Å². The molecule has 1 atom stereocenters. The van der Waals surface area contributed by atoms with Crippen LogP contribution in [-0.2, 0) is 20.8 Å². The fraction of sp³-hybridized carbons (Fsp3) is 0.647. The van der Waals surface area contributed by atoms with Gasteiger partial charge in [0.25, 0.3) is 0 Å². The summed E-state index contributed by atoms with van der Waals surface area (Å²) in [5, 5.41) is 0. The molecule has 1 aliphatic heterocycles. The zero-order valence-electron chi connectivity index (χ0n) is 12.1. The van der Waals surface area contributed by atoms with Gasteiger partial charge in [-0.3, -0.25) is 0 Å². The lowest BCUT2D eigenvalue weighted by Crippen LogP contribution is -2.33. The van der Waals surface area contributed by atoms with Gasteiger partial charge in [0.2, 0.25) is 0 Å². The van der Waals surface area contributed by atoms with Crippen LogP contribution in [0, 0.1) is 0 Å². The van der Waals surface area contributed by atoms with Crippen LogP contribution in [0.25, 0.3) is 0 Å².